The third-order valence-corrected chi connectivity index (χ3v) is 2.81. The summed E-state index contributed by atoms with van der Waals surface area (Å²) >= 11 is 0. The molecule has 18 heavy (non-hydrogen) atoms. The van der Waals surface area contributed by atoms with E-state index < -0.39 is 17.9 Å². The number of pyridine rings is 1. The van der Waals surface area contributed by atoms with Gasteiger partial charge in [0.2, 0.25) is 5.91 Å². The Morgan fingerprint density at radius 3 is 2.44 bits per heavy atom. The van der Waals surface area contributed by atoms with Gasteiger partial charge in [0.1, 0.15) is 6.04 Å². The van der Waals surface area contributed by atoms with Crippen molar-refractivity contribution in [2.45, 2.75) is 32.7 Å². The van der Waals surface area contributed by atoms with E-state index in [9.17, 15) is 9.59 Å². The van der Waals surface area contributed by atoms with Gasteiger partial charge in [-0.15, -0.1) is 0 Å². The van der Waals surface area contributed by atoms with Gasteiger partial charge in [0.15, 0.2) is 0 Å². The summed E-state index contributed by atoms with van der Waals surface area (Å²) in [6.07, 6.45) is 3.23. The summed E-state index contributed by atoms with van der Waals surface area (Å²) in [7, 11) is 0. The molecule has 5 nitrogen and oxygen atoms in total. The van der Waals surface area contributed by atoms with E-state index in [-0.39, 0.29) is 11.8 Å². The zero-order chi connectivity index (χ0) is 13.7. The largest absolute Gasteiger partial charge is 0.480 e. The Balaban J connectivity index is 2.73. The Kier molecular flexibility index (Phi) is 4.83. The molecule has 1 aromatic heterocycles. The third kappa shape index (κ3) is 3.55. The molecule has 0 radical (unpaired) electrons. The smallest absolute Gasteiger partial charge is 0.326 e. The molecule has 0 saturated heterocycles. The molecule has 1 heterocycles. The second-order valence-corrected chi connectivity index (χ2v) is 4.58. The Labute approximate surface area is 106 Å². The monoisotopic (exact) mass is 250 g/mol. The highest BCUT2D eigenvalue weighted by Crippen LogP contribution is 2.14. The van der Waals surface area contributed by atoms with Crippen molar-refractivity contribution in [1.82, 2.24) is 10.3 Å². The summed E-state index contributed by atoms with van der Waals surface area (Å²) < 4.78 is 0. The highest BCUT2D eigenvalue weighted by molar-refractivity contribution is 5.87. The Morgan fingerprint density at radius 1 is 1.33 bits per heavy atom. The first-order valence-corrected chi connectivity index (χ1v) is 5.86. The number of hydrogen-bond acceptors (Lipinski definition) is 3. The van der Waals surface area contributed by atoms with Crippen LogP contribution < -0.4 is 5.32 Å². The Morgan fingerprint density at radius 2 is 2.00 bits per heavy atom. The molecule has 0 spiro atoms. The molecule has 0 fully saturated rings. The first-order valence-electron chi connectivity index (χ1n) is 5.86. The molecule has 0 aromatic carbocycles. The van der Waals surface area contributed by atoms with Crippen LogP contribution in [0.2, 0.25) is 0 Å². The highest BCUT2D eigenvalue weighted by Gasteiger charge is 2.26. The fourth-order valence-corrected chi connectivity index (χ4v) is 1.58. The topological polar surface area (TPSA) is 79.3 Å². The minimum absolute atomic E-state index is 0.160. The van der Waals surface area contributed by atoms with Gasteiger partial charge in [-0.05, 0) is 24.5 Å². The summed E-state index contributed by atoms with van der Waals surface area (Å²) in [5.41, 5.74) is 0.767. The average Bonchev–Trinajstić information content (AvgIpc) is 2.35. The van der Waals surface area contributed by atoms with E-state index in [1.54, 1.807) is 45.3 Å². The predicted octanol–water partition coefficient (Wildman–Crippen LogP) is 1.41. The van der Waals surface area contributed by atoms with Crippen LogP contribution in [0.1, 0.15) is 32.3 Å². The summed E-state index contributed by atoms with van der Waals surface area (Å²) in [5.74, 6) is -1.90. The van der Waals surface area contributed by atoms with Crippen molar-refractivity contribution in [3.8, 4) is 0 Å². The minimum atomic E-state index is -1.02. The van der Waals surface area contributed by atoms with E-state index in [1.165, 1.54) is 0 Å². The summed E-state index contributed by atoms with van der Waals surface area (Å²) in [6.45, 7) is 5.24. The van der Waals surface area contributed by atoms with E-state index >= 15 is 0 Å². The second-order valence-electron chi connectivity index (χ2n) is 4.58. The Bertz CT molecular complexity index is 418. The molecule has 0 aliphatic carbocycles. The molecule has 5 heteroatoms. The minimum Gasteiger partial charge on any atom is -0.480 e. The van der Waals surface area contributed by atoms with Gasteiger partial charge in [0.05, 0.1) is 5.92 Å². The number of hydrogen-bond donors (Lipinski definition) is 2. The van der Waals surface area contributed by atoms with E-state index in [2.05, 4.69) is 10.3 Å². The zero-order valence-electron chi connectivity index (χ0n) is 10.8. The van der Waals surface area contributed by atoms with Crippen LogP contribution in [-0.2, 0) is 9.59 Å². The Hall–Kier alpha value is -1.91. The molecule has 2 N–H and O–H groups in total. The van der Waals surface area contributed by atoms with Crippen molar-refractivity contribution in [2.75, 3.05) is 0 Å². The lowest BCUT2D eigenvalue weighted by molar-refractivity contribution is -0.143. The van der Waals surface area contributed by atoms with Crippen molar-refractivity contribution in [3.63, 3.8) is 0 Å². The van der Waals surface area contributed by atoms with Crippen LogP contribution in [0.4, 0.5) is 0 Å². The summed E-state index contributed by atoms with van der Waals surface area (Å²) in [5, 5.41) is 11.6. The lowest BCUT2D eigenvalue weighted by atomic mass is 9.99. The van der Waals surface area contributed by atoms with E-state index in [4.69, 9.17) is 5.11 Å². The molecule has 0 aliphatic heterocycles. The van der Waals surface area contributed by atoms with Crippen LogP contribution in [-0.4, -0.2) is 28.0 Å². The number of amides is 1. The third-order valence-electron chi connectivity index (χ3n) is 2.81. The number of rotatable bonds is 5. The molecule has 1 amide bonds. The average molecular weight is 250 g/mol. The lowest BCUT2D eigenvalue weighted by Crippen LogP contribution is -2.45. The standard InChI is InChI=1S/C13H18N2O3/c1-8(2)11(13(17)18)15-12(16)9(3)10-5-4-6-14-7-10/h4-9,11H,1-3H3,(H,15,16)(H,17,18)/t9?,11-/m1/s1. The molecule has 0 bridgehead atoms. The quantitative estimate of drug-likeness (QED) is 0.828. The van der Waals surface area contributed by atoms with Crippen LogP contribution in [0, 0.1) is 5.92 Å². The van der Waals surface area contributed by atoms with Gasteiger partial charge in [-0.25, -0.2) is 4.79 Å². The van der Waals surface area contributed by atoms with Crippen molar-refractivity contribution in [3.05, 3.63) is 30.1 Å². The number of carboxylic acids is 1. The van der Waals surface area contributed by atoms with Gasteiger partial charge < -0.3 is 10.4 Å². The molecule has 1 rings (SSSR count). The maximum absolute atomic E-state index is 12.0. The van der Waals surface area contributed by atoms with Gasteiger partial charge in [-0.1, -0.05) is 19.9 Å². The molecular formula is C13H18N2O3. The van der Waals surface area contributed by atoms with Gasteiger partial charge >= 0.3 is 5.97 Å². The first kappa shape index (κ1) is 14.2. The number of nitrogens with zero attached hydrogens (tertiary/aromatic N) is 1. The van der Waals surface area contributed by atoms with Crippen molar-refractivity contribution in [1.29, 1.82) is 0 Å². The van der Waals surface area contributed by atoms with Crippen LogP contribution >= 0.6 is 0 Å². The number of carbonyl (C=O) groups is 2. The second kappa shape index (κ2) is 6.14. The van der Waals surface area contributed by atoms with Crippen LogP contribution in [0.3, 0.4) is 0 Å². The predicted molar refractivity (Wildman–Crippen MR) is 67.1 cm³/mol. The summed E-state index contributed by atoms with van der Waals surface area (Å²) in [6, 6.07) is 2.68. The van der Waals surface area contributed by atoms with Crippen molar-refractivity contribution < 1.29 is 14.7 Å². The fourth-order valence-electron chi connectivity index (χ4n) is 1.58. The number of carboxylic acid groups (broad SMARTS) is 1. The lowest BCUT2D eigenvalue weighted by Gasteiger charge is -2.20. The molecule has 0 aliphatic rings. The normalized spacial score (nSPS) is 14.0. The molecule has 98 valence electrons. The number of aliphatic carboxylic acids is 1. The van der Waals surface area contributed by atoms with Crippen LogP contribution in [0.5, 0.6) is 0 Å². The highest BCUT2D eigenvalue weighted by atomic mass is 16.4. The first-order chi connectivity index (χ1) is 8.43. The zero-order valence-corrected chi connectivity index (χ0v) is 10.8. The maximum atomic E-state index is 12.0. The molecular weight excluding hydrogens is 232 g/mol. The summed E-state index contributed by atoms with van der Waals surface area (Å²) in [4.78, 5) is 26.9. The SMILES string of the molecule is CC(C(=O)N[C@@H](C(=O)O)C(C)C)c1cccnc1. The molecule has 0 saturated carbocycles. The van der Waals surface area contributed by atoms with Crippen molar-refractivity contribution >= 4 is 11.9 Å². The van der Waals surface area contributed by atoms with E-state index in [0.717, 1.165) is 5.56 Å². The maximum Gasteiger partial charge on any atom is 0.326 e. The van der Waals surface area contributed by atoms with Crippen molar-refractivity contribution in [2.24, 2.45) is 5.92 Å². The van der Waals surface area contributed by atoms with Crippen LogP contribution in [0.15, 0.2) is 24.5 Å². The molecule has 1 aromatic rings. The fraction of sp³-hybridized carbons (Fsp3) is 0.462. The van der Waals surface area contributed by atoms with Gasteiger partial charge in [-0.2, -0.15) is 0 Å². The number of carbonyl (C=O) groups excluding carboxylic acids is 1. The van der Waals surface area contributed by atoms with Gasteiger partial charge in [0, 0.05) is 12.4 Å². The van der Waals surface area contributed by atoms with Gasteiger partial charge in [-0.3, -0.25) is 9.78 Å². The number of aromatic nitrogens is 1. The van der Waals surface area contributed by atoms with E-state index in [1.807, 2.05) is 0 Å². The van der Waals surface area contributed by atoms with Gasteiger partial charge in [0.25, 0.3) is 0 Å². The molecule has 2 atom stereocenters. The molecule has 1 unspecified atom stereocenters. The number of nitrogens with one attached hydrogen (secondary N) is 1. The van der Waals surface area contributed by atoms with E-state index in [0.29, 0.717) is 0 Å². The van der Waals surface area contributed by atoms with Crippen LogP contribution in [0.25, 0.3) is 0 Å².